The predicted molar refractivity (Wildman–Crippen MR) is 88.7 cm³/mol. The molecule has 0 heterocycles. The molecule has 1 unspecified atom stereocenters. The van der Waals surface area contributed by atoms with E-state index in [1.807, 2.05) is 6.07 Å². The molecular formula is C18H23NO3. The van der Waals surface area contributed by atoms with Gasteiger partial charge in [0, 0.05) is 30.4 Å². The van der Waals surface area contributed by atoms with Crippen LogP contribution < -0.4 is 9.64 Å². The number of nitrogens with zero attached hydrogens (tertiary/aromatic N) is 1. The lowest BCUT2D eigenvalue weighted by atomic mass is 10.00. The number of aliphatic hydroxyl groups is 1. The smallest absolute Gasteiger partial charge is 0.123 e. The second-order valence-corrected chi connectivity index (χ2v) is 5.09. The number of hydrogen-bond acceptors (Lipinski definition) is 4. The number of phenols is 1. The average Bonchev–Trinajstić information content (AvgIpc) is 2.55. The van der Waals surface area contributed by atoms with Crippen molar-refractivity contribution in [3.05, 3.63) is 53.6 Å². The van der Waals surface area contributed by atoms with E-state index < -0.39 is 6.10 Å². The molecule has 2 aromatic carbocycles. The first-order chi connectivity index (χ1) is 10.6. The van der Waals surface area contributed by atoms with Gasteiger partial charge in [-0.05, 0) is 37.6 Å². The second-order valence-electron chi connectivity index (χ2n) is 5.09. The van der Waals surface area contributed by atoms with Crippen LogP contribution in [0.2, 0.25) is 0 Å². The van der Waals surface area contributed by atoms with Crippen LogP contribution in [0.5, 0.6) is 11.5 Å². The van der Waals surface area contributed by atoms with E-state index in [1.54, 1.807) is 43.5 Å². The fourth-order valence-corrected chi connectivity index (χ4v) is 2.51. The Morgan fingerprint density at radius 2 is 1.68 bits per heavy atom. The first kappa shape index (κ1) is 16.2. The minimum absolute atomic E-state index is 0.104. The molecule has 0 spiro atoms. The van der Waals surface area contributed by atoms with Crippen LogP contribution in [-0.2, 0) is 0 Å². The number of ether oxygens (including phenoxy) is 1. The summed E-state index contributed by atoms with van der Waals surface area (Å²) in [6, 6.07) is 12.6. The van der Waals surface area contributed by atoms with Gasteiger partial charge in [0.15, 0.2) is 0 Å². The monoisotopic (exact) mass is 301 g/mol. The molecule has 22 heavy (non-hydrogen) atoms. The molecule has 2 aromatic rings. The van der Waals surface area contributed by atoms with Crippen molar-refractivity contribution in [2.75, 3.05) is 25.1 Å². The number of methoxy groups -OCH3 is 1. The highest BCUT2D eigenvalue weighted by molar-refractivity contribution is 5.55. The molecule has 4 nitrogen and oxygen atoms in total. The molecule has 0 bridgehead atoms. The zero-order valence-corrected chi connectivity index (χ0v) is 13.3. The molecule has 1 atom stereocenters. The van der Waals surface area contributed by atoms with E-state index in [2.05, 4.69) is 18.7 Å². The molecular weight excluding hydrogens is 278 g/mol. The largest absolute Gasteiger partial charge is 0.507 e. The fraction of sp³-hybridized carbons (Fsp3) is 0.333. The maximum absolute atomic E-state index is 10.5. The van der Waals surface area contributed by atoms with Crippen LogP contribution in [0.3, 0.4) is 0 Å². The summed E-state index contributed by atoms with van der Waals surface area (Å²) >= 11 is 0. The van der Waals surface area contributed by atoms with Gasteiger partial charge in [-0.1, -0.05) is 18.2 Å². The molecule has 0 fully saturated rings. The Morgan fingerprint density at radius 1 is 1.05 bits per heavy atom. The Bertz CT molecular complexity index is 606. The summed E-state index contributed by atoms with van der Waals surface area (Å²) < 4.78 is 5.11. The van der Waals surface area contributed by atoms with E-state index in [0.717, 1.165) is 24.5 Å². The number of aromatic hydroxyl groups is 1. The normalized spacial score (nSPS) is 12.0. The quantitative estimate of drug-likeness (QED) is 0.859. The SMILES string of the molecule is CCN(CC)c1ccc(C(O)c2ccc(OC)cc2)c(O)c1. The third-order valence-corrected chi connectivity index (χ3v) is 3.87. The maximum atomic E-state index is 10.5. The summed E-state index contributed by atoms with van der Waals surface area (Å²) in [6.07, 6.45) is -0.864. The van der Waals surface area contributed by atoms with Gasteiger partial charge in [0.25, 0.3) is 0 Å². The van der Waals surface area contributed by atoms with Crippen molar-refractivity contribution in [1.82, 2.24) is 0 Å². The van der Waals surface area contributed by atoms with E-state index in [4.69, 9.17) is 4.74 Å². The van der Waals surface area contributed by atoms with Gasteiger partial charge in [-0.15, -0.1) is 0 Å². The predicted octanol–water partition coefficient (Wildman–Crippen LogP) is 3.33. The van der Waals surface area contributed by atoms with E-state index in [1.165, 1.54) is 0 Å². The highest BCUT2D eigenvalue weighted by Crippen LogP contribution is 2.33. The van der Waals surface area contributed by atoms with Gasteiger partial charge >= 0.3 is 0 Å². The highest BCUT2D eigenvalue weighted by atomic mass is 16.5. The lowest BCUT2D eigenvalue weighted by Gasteiger charge is -2.22. The molecule has 118 valence electrons. The Kier molecular flexibility index (Phi) is 5.28. The summed E-state index contributed by atoms with van der Waals surface area (Å²) in [5.41, 5.74) is 2.17. The molecule has 0 aromatic heterocycles. The summed E-state index contributed by atoms with van der Waals surface area (Å²) in [7, 11) is 1.60. The molecule has 4 heteroatoms. The van der Waals surface area contributed by atoms with Gasteiger partial charge < -0.3 is 19.8 Å². The Hall–Kier alpha value is -2.20. The molecule has 2 N–H and O–H groups in total. The van der Waals surface area contributed by atoms with Crippen molar-refractivity contribution >= 4 is 5.69 Å². The molecule has 0 radical (unpaired) electrons. The number of anilines is 1. The van der Waals surface area contributed by atoms with E-state index in [9.17, 15) is 10.2 Å². The number of hydrogen-bond donors (Lipinski definition) is 2. The van der Waals surface area contributed by atoms with Gasteiger partial charge in [-0.25, -0.2) is 0 Å². The Labute approximate surface area is 131 Å². The standard InChI is InChI=1S/C18H23NO3/c1-4-19(5-2)14-8-11-16(17(20)12-14)18(21)13-6-9-15(22-3)10-7-13/h6-12,18,20-21H,4-5H2,1-3H3. The molecule has 0 saturated carbocycles. The van der Waals surface area contributed by atoms with E-state index >= 15 is 0 Å². The molecule has 0 aliphatic rings. The number of rotatable bonds is 6. The lowest BCUT2D eigenvalue weighted by molar-refractivity contribution is 0.215. The number of phenolic OH excluding ortho intramolecular Hbond substituents is 1. The minimum atomic E-state index is -0.864. The topological polar surface area (TPSA) is 52.9 Å². The van der Waals surface area contributed by atoms with Crippen molar-refractivity contribution in [1.29, 1.82) is 0 Å². The van der Waals surface area contributed by atoms with Crippen molar-refractivity contribution in [3.63, 3.8) is 0 Å². The Balaban J connectivity index is 2.27. The molecule has 0 saturated heterocycles. The second kappa shape index (κ2) is 7.18. The summed E-state index contributed by atoms with van der Waals surface area (Å²) in [4.78, 5) is 2.14. The molecule has 0 aliphatic carbocycles. The van der Waals surface area contributed by atoms with Crippen LogP contribution in [-0.4, -0.2) is 30.4 Å². The van der Waals surface area contributed by atoms with Gasteiger partial charge in [0.05, 0.1) is 7.11 Å². The summed E-state index contributed by atoms with van der Waals surface area (Å²) in [5.74, 6) is 0.838. The summed E-state index contributed by atoms with van der Waals surface area (Å²) in [5, 5.41) is 20.7. The first-order valence-electron chi connectivity index (χ1n) is 7.50. The van der Waals surface area contributed by atoms with Gasteiger partial charge in [-0.2, -0.15) is 0 Å². The number of aliphatic hydroxyl groups excluding tert-OH is 1. The van der Waals surface area contributed by atoms with Gasteiger partial charge in [0.2, 0.25) is 0 Å². The van der Waals surface area contributed by atoms with Crippen molar-refractivity contribution in [2.45, 2.75) is 20.0 Å². The van der Waals surface area contributed by atoms with Crippen LogP contribution >= 0.6 is 0 Å². The minimum Gasteiger partial charge on any atom is -0.507 e. The van der Waals surface area contributed by atoms with E-state index in [0.29, 0.717) is 11.1 Å². The maximum Gasteiger partial charge on any atom is 0.123 e. The third-order valence-electron chi connectivity index (χ3n) is 3.87. The highest BCUT2D eigenvalue weighted by Gasteiger charge is 2.16. The fourth-order valence-electron chi connectivity index (χ4n) is 2.51. The van der Waals surface area contributed by atoms with Crippen molar-refractivity contribution in [2.24, 2.45) is 0 Å². The summed E-state index contributed by atoms with van der Waals surface area (Å²) in [6.45, 7) is 5.88. The number of benzene rings is 2. The third kappa shape index (κ3) is 3.34. The molecule has 2 rings (SSSR count). The zero-order chi connectivity index (χ0) is 16.1. The van der Waals surface area contributed by atoms with Crippen LogP contribution in [0.15, 0.2) is 42.5 Å². The average molecular weight is 301 g/mol. The van der Waals surface area contributed by atoms with E-state index in [-0.39, 0.29) is 5.75 Å². The first-order valence-corrected chi connectivity index (χ1v) is 7.50. The van der Waals surface area contributed by atoms with Crippen molar-refractivity contribution < 1.29 is 14.9 Å². The van der Waals surface area contributed by atoms with Crippen LogP contribution in [0, 0.1) is 0 Å². The van der Waals surface area contributed by atoms with Crippen LogP contribution in [0.1, 0.15) is 31.1 Å². The molecule has 0 amide bonds. The molecule has 0 aliphatic heterocycles. The Morgan fingerprint density at radius 3 is 2.18 bits per heavy atom. The zero-order valence-electron chi connectivity index (χ0n) is 13.3. The van der Waals surface area contributed by atoms with Crippen LogP contribution in [0.25, 0.3) is 0 Å². The van der Waals surface area contributed by atoms with Crippen molar-refractivity contribution in [3.8, 4) is 11.5 Å². The lowest BCUT2D eigenvalue weighted by Crippen LogP contribution is -2.21. The van der Waals surface area contributed by atoms with Gasteiger partial charge in [-0.3, -0.25) is 0 Å². The van der Waals surface area contributed by atoms with Gasteiger partial charge in [0.1, 0.15) is 17.6 Å². The van der Waals surface area contributed by atoms with Crippen LogP contribution in [0.4, 0.5) is 5.69 Å².